The fourth-order valence-corrected chi connectivity index (χ4v) is 3.33. The zero-order valence-corrected chi connectivity index (χ0v) is 16.8. The summed E-state index contributed by atoms with van der Waals surface area (Å²) < 4.78 is 0. The van der Waals surface area contributed by atoms with Gasteiger partial charge in [-0.05, 0) is 43.2 Å². The summed E-state index contributed by atoms with van der Waals surface area (Å²) in [7, 11) is 0. The second kappa shape index (κ2) is 9.69. The minimum Gasteiger partial charge on any atom is -0.354 e. The van der Waals surface area contributed by atoms with Crippen LogP contribution in [0.25, 0.3) is 0 Å². The molecule has 0 bridgehead atoms. The number of rotatable bonds is 8. The lowest BCUT2D eigenvalue weighted by atomic mass is 10.0. The van der Waals surface area contributed by atoms with Crippen LogP contribution in [0.4, 0.5) is 11.4 Å². The molecule has 0 spiro atoms. The van der Waals surface area contributed by atoms with E-state index in [2.05, 4.69) is 12.2 Å². The number of hydrogen-bond donors (Lipinski definition) is 1. The van der Waals surface area contributed by atoms with Gasteiger partial charge in [0, 0.05) is 23.5 Å². The summed E-state index contributed by atoms with van der Waals surface area (Å²) in [5, 5.41) is 2.90. The number of nitrogens with one attached hydrogen (secondary N) is 1. The Morgan fingerprint density at radius 3 is 1.97 bits per heavy atom. The Balaban J connectivity index is 1.97. The van der Waals surface area contributed by atoms with Crippen molar-refractivity contribution in [3.05, 3.63) is 96.1 Å². The second-order valence-corrected chi connectivity index (χ2v) is 6.79. The Bertz CT molecular complexity index is 938. The van der Waals surface area contributed by atoms with Gasteiger partial charge in [-0.2, -0.15) is 0 Å². The summed E-state index contributed by atoms with van der Waals surface area (Å²) in [5.41, 5.74) is 3.25. The first-order valence-electron chi connectivity index (χ1n) is 9.94. The average Bonchev–Trinajstić information content (AvgIpc) is 2.78. The molecule has 1 unspecified atom stereocenters. The molecule has 0 saturated heterocycles. The van der Waals surface area contributed by atoms with Gasteiger partial charge in [0.15, 0.2) is 11.8 Å². The van der Waals surface area contributed by atoms with Crippen LogP contribution < -0.4 is 10.2 Å². The Kier molecular flexibility index (Phi) is 6.80. The van der Waals surface area contributed by atoms with E-state index in [1.165, 1.54) is 5.56 Å². The number of anilines is 2. The normalized spacial score (nSPS) is 11.5. The van der Waals surface area contributed by atoms with Crippen LogP contribution in [0.5, 0.6) is 0 Å². The maximum Gasteiger partial charge on any atom is 0.255 e. The SMILES string of the molecule is CCc1ccc(N(CC)C(C(=O)Nc2ccccc2)C(=O)c2ccccc2)cc1. The molecule has 1 atom stereocenters. The van der Waals surface area contributed by atoms with Gasteiger partial charge in [-0.1, -0.05) is 67.6 Å². The van der Waals surface area contributed by atoms with Crippen molar-refractivity contribution in [2.24, 2.45) is 0 Å². The highest BCUT2D eigenvalue weighted by atomic mass is 16.2. The first-order valence-corrected chi connectivity index (χ1v) is 9.94. The maximum atomic E-state index is 13.4. The van der Waals surface area contributed by atoms with E-state index >= 15 is 0 Å². The first-order chi connectivity index (χ1) is 14.1. The fraction of sp³-hybridized carbons (Fsp3) is 0.200. The molecule has 4 nitrogen and oxygen atoms in total. The van der Waals surface area contributed by atoms with Crippen LogP contribution in [0.15, 0.2) is 84.9 Å². The molecule has 0 aromatic heterocycles. The number of benzene rings is 3. The van der Waals surface area contributed by atoms with Crippen molar-refractivity contribution in [1.82, 2.24) is 0 Å². The third-order valence-corrected chi connectivity index (χ3v) is 4.92. The van der Waals surface area contributed by atoms with Crippen LogP contribution in [0, 0.1) is 0 Å². The van der Waals surface area contributed by atoms with Crippen molar-refractivity contribution < 1.29 is 9.59 Å². The Hall–Kier alpha value is -3.40. The molecular weight excluding hydrogens is 360 g/mol. The molecule has 0 aliphatic carbocycles. The summed E-state index contributed by atoms with van der Waals surface area (Å²) in [5.74, 6) is -0.563. The Labute approximate surface area is 172 Å². The summed E-state index contributed by atoms with van der Waals surface area (Å²) in [4.78, 5) is 28.5. The summed E-state index contributed by atoms with van der Waals surface area (Å²) in [6, 6.07) is 25.3. The van der Waals surface area contributed by atoms with Gasteiger partial charge >= 0.3 is 0 Å². The quantitative estimate of drug-likeness (QED) is 0.439. The molecule has 0 heterocycles. The van der Waals surface area contributed by atoms with E-state index in [-0.39, 0.29) is 11.7 Å². The van der Waals surface area contributed by atoms with E-state index in [0.29, 0.717) is 17.8 Å². The van der Waals surface area contributed by atoms with E-state index < -0.39 is 6.04 Å². The molecule has 29 heavy (non-hydrogen) atoms. The minimum absolute atomic E-state index is 0.222. The molecule has 1 amide bonds. The molecule has 148 valence electrons. The van der Waals surface area contributed by atoms with Crippen LogP contribution in [0.2, 0.25) is 0 Å². The lowest BCUT2D eigenvalue weighted by Crippen LogP contribution is -2.49. The van der Waals surface area contributed by atoms with Gasteiger partial charge in [0.25, 0.3) is 5.91 Å². The van der Waals surface area contributed by atoms with E-state index in [4.69, 9.17) is 0 Å². The van der Waals surface area contributed by atoms with Crippen LogP contribution >= 0.6 is 0 Å². The number of likely N-dealkylation sites (N-methyl/N-ethyl adjacent to an activating group) is 1. The number of Topliss-reactive ketones (excluding diaryl/α,β-unsaturated/α-hetero) is 1. The molecule has 3 aromatic rings. The van der Waals surface area contributed by atoms with Gasteiger partial charge in [-0.3, -0.25) is 9.59 Å². The predicted molar refractivity (Wildman–Crippen MR) is 118 cm³/mol. The Morgan fingerprint density at radius 1 is 0.828 bits per heavy atom. The number of para-hydroxylation sites is 1. The van der Waals surface area contributed by atoms with Crippen LogP contribution in [0.3, 0.4) is 0 Å². The van der Waals surface area contributed by atoms with Gasteiger partial charge in [-0.15, -0.1) is 0 Å². The minimum atomic E-state index is -0.963. The van der Waals surface area contributed by atoms with Crippen molar-refractivity contribution in [2.75, 3.05) is 16.8 Å². The summed E-state index contributed by atoms with van der Waals surface area (Å²) >= 11 is 0. The molecule has 0 saturated carbocycles. The number of amides is 1. The van der Waals surface area contributed by atoms with E-state index in [1.807, 2.05) is 84.6 Å². The van der Waals surface area contributed by atoms with Gasteiger partial charge in [0.2, 0.25) is 0 Å². The number of carbonyl (C=O) groups excluding carboxylic acids is 2. The number of ketones is 1. The molecule has 0 radical (unpaired) electrons. The number of hydrogen-bond acceptors (Lipinski definition) is 3. The monoisotopic (exact) mass is 386 g/mol. The van der Waals surface area contributed by atoms with Crippen LogP contribution in [-0.2, 0) is 11.2 Å². The van der Waals surface area contributed by atoms with E-state index in [9.17, 15) is 9.59 Å². The van der Waals surface area contributed by atoms with Crippen molar-refractivity contribution in [3.63, 3.8) is 0 Å². The molecule has 0 aliphatic rings. The molecule has 0 fully saturated rings. The van der Waals surface area contributed by atoms with Gasteiger partial charge < -0.3 is 10.2 Å². The zero-order valence-electron chi connectivity index (χ0n) is 16.8. The lowest BCUT2D eigenvalue weighted by Gasteiger charge is -2.31. The molecular formula is C25H26N2O2. The smallest absolute Gasteiger partial charge is 0.255 e. The third-order valence-electron chi connectivity index (χ3n) is 4.92. The number of nitrogens with zero attached hydrogens (tertiary/aromatic N) is 1. The predicted octanol–water partition coefficient (Wildman–Crippen LogP) is 4.97. The fourth-order valence-electron chi connectivity index (χ4n) is 3.33. The van der Waals surface area contributed by atoms with Gasteiger partial charge in [0.1, 0.15) is 0 Å². The highest BCUT2D eigenvalue weighted by Crippen LogP contribution is 2.22. The van der Waals surface area contributed by atoms with Crippen molar-refractivity contribution in [3.8, 4) is 0 Å². The maximum absolute atomic E-state index is 13.4. The van der Waals surface area contributed by atoms with E-state index in [1.54, 1.807) is 12.1 Å². The van der Waals surface area contributed by atoms with Crippen LogP contribution in [0.1, 0.15) is 29.8 Å². The molecule has 1 N–H and O–H groups in total. The standard InChI is InChI=1S/C25H26N2O2/c1-3-19-15-17-22(18-16-19)27(4-2)23(24(28)20-11-7-5-8-12-20)25(29)26-21-13-9-6-10-14-21/h5-18,23H,3-4H2,1-2H3,(H,26,29). The summed E-state index contributed by atoms with van der Waals surface area (Å²) in [6.45, 7) is 4.58. The van der Waals surface area contributed by atoms with Crippen LogP contribution in [-0.4, -0.2) is 24.3 Å². The van der Waals surface area contributed by atoms with Crippen molar-refractivity contribution in [1.29, 1.82) is 0 Å². The van der Waals surface area contributed by atoms with Crippen molar-refractivity contribution >= 4 is 23.1 Å². The molecule has 0 aliphatic heterocycles. The first kappa shape index (κ1) is 20.3. The Morgan fingerprint density at radius 2 is 1.41 bits per heavy atom. The van der Waals surface area contributed by atoms with Crippen molar-refractivity contribution in [2.45, 2.75) is 26.3 Å². The molecule has 4 heteroatoms. The molecule has 3 rings (SSSR count). The van der Waals surface area contributed by atoms with Gasteiger partial charge in [-0.25, -0.2) is 0 Å². The topological polar surface area (TPSA) is 49.4 Å². The van der Waals surface area contributed by atoms with E-state index in [0.717, 1.165) is 12.1 Å². The average molecular weight is 386 g/mol. The second-order valence-electron chi connectivity index (χ2n) is 6.79. The summed E-state index contributed by atoms with van der Waals surface area (Å²) in [6.07, 6.45) is 0.938. The highest BCUT2D eigenvalue weighted by Gasteiger charge is 2.33. The third kappa shape index (κ3) is 4.91. The zero-order chi connectivity index (χ0) is 20.6. The highest BCUT2D eigenvalue weighted by molar-refractivity contribution is 6.19. The number of aryl methyl sites for hydroxylation is 1. The lowest BCUT2D eigenvalue weighted by molar-refractivity contribution is -0.116. The number of carbonyl (C=O) groups is 2. The molecule has 3 aromatic carbocycles. The van der Waals surface area contributed by atoms with Gasteiger partial charge in [0.05, 0.1) is 0 Å². The largest absolute Gasteiger partial charge is 0.354 e.